The first kappa shape index (κ1) is 12.3. The fraction of sp³-hybridized carbons (Fsp3) is 0.538. The van der Waals surface area contributed by atoms with Crippen molar-refractivity contribution in [2.75, 3.05) is 6.54 Å². The average molecular weight is 256 g/mol. The molecule has 16 heavy (non-hydrogen) atoms. The molecule has 1 aliphatic rings. The predicted octanol–water partition coefficient (Wildman–Crippen LogP) is 3.71. The van der Waals surface area contributed by atoms with Gasteiger partial charge in [0.2, 0.25) is 0 Å². The number of hydrogen-bond donors (Lipinski definition) is 1. The summed E-state index contributed by atoms with van der Waals surface area (Å²) in [6, 6.07) is 8.91. The third-order valence-electron chi connectivity index (χ3n) is 2.75. The van der Waals surface area contributed by atoms with Gasteiger partial charge in [0.1, 0.15) is 0 Å². The lowest BCUT2D eigenvalue weighted by Gasteiger charge is -2.12. The van der Waals surface area contributed by atoms with Crippen molar-refractivity contribution in [3.05, 3.63) is 34.9 Å². The molecule has 1 nitrogen and oxygen atoms in total. The van der Waals surface area contributed by atoms with E-state index in [1.54, 1.807) is 0 Å². The molecule has 0 radical (unpaired) electrons. The molecule has 0 spiro atoms. The largest absolute Gasteiger partial charge is 0.313 e. The van der Waals surface area contributed by atoms with Crippen LogP contribution < -0.4 is 5.32 Å². The molecular weight excluding hydrogens is 238 g/mol. The van der Waals surface area contributed by atoms with Crippen molar-refractivity contribution in [1.82, 2.24) is 5.32 Å². The van der Waals surface area contributed by atoms with Crippen LogP contribution in [0.3, 0.4) is 0 Å². The fourth-order valence-corrected chi connectivity index (χ4v) is 2.74. The zero-order valence-corrected chi connectivity index (χ0v) is 11.2. The predicted molar refractivity (Wildman–Crippen MR) is 73.2 cm³/mol. The van der Waals surface area contributed by atoms with E-state index in [1.807, 2.05) is 23.9 Å². The summed E-state index contributed by atoms with van der Waals surface area (Å²) >= 11 is 8.08. The van der Waals surface area contributed by atoms with Gasteiger partial charge >= 0.3 is 0 Å². The monoisotopic (exact) mass is 255 g/mol. The van der Waals surface area contributed by atoms with Gasteiger partial charge in [0.15, 0.2) is 0 Å². The Hall–Kier alpha value is -0.180. The van der Waals surface area contributed by atoms with Crippen LogP contribution in [0.15, 0.2) is 24.3 Å². The van der Waals surface area contributed by atoms with E-state index in [-0.39, 0.29) is 0 Å². The van der Waals surface area contributed by atoms with Gasteiger partial charge in [-0.1, -0.05) is 36.7 Å². The second kappa shape index (κ2) is 5.95. The highest BCUT2D eigenvalue weighted by Gasteiger charge is 2.20. The first-order valence-corrected chi connectivity index (χ1v) is 7.27. The maximum Gasteiger partial charge on any atom is 0.0446 e. The zero-order chi connectivity index (χ0) is 11.4. The topological polar surface area (TPSA) is 12.0 Å². The SMILES string of the molecule is CC(CNC1CC1)SCc1ccccc1Cl. The van der Waals surface area contributed by atoms with Crippen molar-refractivity contribution in [2.24, 2.45) is 0 Å². The van der Waals surface area contributed by atoms with E-state index in [0.29, 0.717) is 5.25 Å². The minimum atomic E-state index is 0.650. The Balaban J connectivity index is 1.71. The first-order valence-electron chi connectivity index (χ1n) is 5.84. The summed E-state index contributed by atoms with van der Waals surface area (Å²) in [6.45, 7) is 3.39. The molecule has 1 aromatic carbocycles. The lowest BCUT2D eigenvalue weighted by atomic mass is 10.2. The van der Waals surface area contributed by atoms with Crippen molar-refractivity contribution in [1.29, 1.82) is 0 Å². The first-order chi connectivity index (χ1) is 7.75. The van der Waals surface area contributed by atoms with E-state index >= 15 is 0 Å². The van der Waals surface area contributed by atoms with Gasteiger partial charge in [-0.2, -0.15) is 11.8 Å². The molecule has 2 rings (SSSR count). The molecule has 1 unspecified atom stereocenters. The summed E-state index contributed by atoms with van der Waals surface area (Å²) in [5, 5.41) is 5.09. The van der Waals surface area contributed by atoms with Crippen LogP contribution in [0.2, 0.25) is 5.02 Å². The minimum absolute atomic E-state index is 0.650. The maximum atomic E-state index is 6.12. The Bertz CT molecular complexity index is 338. The number of halogens is 1. The molecule has 1 N–H and O–H groups in total. The molecule has 1 aliphatic carbocycles. The maximum absolute atomic E-state index is 6.12. The lowest BCUT2D eigenvalue weighted by molar-refractivity contribution is 0.679. The average Bonchev–Trinajstić information content (AvgIpc) is 3.09. The van der Waals surface area contributed by atoms with Gasteiger partial charge in [-0.15, -0.1) is 0 Å². The standard InChI is InChI=1S/C13H18ClNS/c1-10(8-15-12-6-7-12)16-9-11-4-2-3-5-13(11)14/h2-5,10,12,15H,6-9H2,1H3. The van der Waals surface area contributed by atoms with Gasteiger partial charge in [-0.05, 0) is 24.5 Å². The highest BCUT2D eigenvalue weighted by atomic mass is 35.5. The van der Waals surface area contributed by atoms with Crippen molar-refractivity contribution >= 4 is 23.4 Å². The molecule has 1 aromatic rings. The normalized spacial score (nSPS) is 17.4. The Morgan fingerprint density at radius 3 is 2.88 bits per heavy atom. The van der Waals surface area contributed by atoms with E-state index < -0.39 is 0 Å². The second-order valence-corrected chi connectivity index (χ2v) is 6.23. The minimum Gasteiger partial charge on any atom is -0.313 e. The van der Waals surface area contributed by atoms with Crippen LogP contribution in [0.1, 0.15) is 25.3 Å². The number of benzene rings is 1. The summed E-state index contributed by atoms with van der Waals surface area (Å²) in [5.41, 5.74) is 1.24. The molecule has 0 saturated heterocycles. The van der Waals surface area contributed by atoms with Crippen LogP contribution >= 0.6 is 23.4 Å². The Labute approximate surface area is 107 Å². The second-order valence-electron chi connectivity index (χ2n) is 4.40. The van der Waals surface area contributed by atoms with Gasteiger partial charge in [-0.3, -0.25) is 0 Å². The quantitative estimate of drug-likeness (QED) is 0.832. The molecule has 0 bridgehead atoms. The molecule has 88 valence electrons. The van der Waals surface area contributed by atoms with Crippen LogP contribution in [0.5, 0.6) is 0 Å². The number of rotatable bonds is 6. The molecule has 3 heteroatoms. The van der Waals surface area contributed by atoms with E-state index in [9.17, 15) is 0 Å². The highest BCUT2D eigenvalue weighted by Crippen LogP contribution is 2.24. The van der Waals surface area contributed by atoms with Gasteiger partial charge in [0, 0.05) is 28.6 Å². The summed E-state index contributed by atoms with van der Waals surface area (Å²) < 4.78 is 0. The molecular formula is C13H18ClNS. The molecule has 1 fully saturated rings. The Morgan fingerprint density at radius 2 is 2.19 bits per heavy atom. The number of nitrogens with one attached hydrogen (secondary N) is 1. The summed E-state index contributed by atoms with van der Waals surface area (Å²) in [5.74, 6) is 1.01. The van der Waals surface area contributed by atoms with Crippen molar-refractivity contribution < 1.29 is 0 Å². The van der Waals surface area contributed by atoms with Crippen LogP contribution in [-0.4, -0.2) is 17.8 Å². The third-order valence-corrected chi connectivity index (χ3v) is 4.33. The van der Waals surface area contributed by atoms with Gasteiger partial charge in [0.25, 0.3) is 0 Å². The third kappa shape index (κ3) is 4.00. The molecule has 0 aromatic heterocycles. The van der Waals surface area contributed by atoms with Crippen molar-refractivity contribution in [3.8, 4) is 0 Å². The van der Waals surface area contributed by atoms with Gasteiger partial charge in [0.05, 0.1) is 0 Å². The summed E-state index contributed by atoms with van der Waals surface area (Å²) in [6.07, 6.45) is 2.73. The smallest absolute Gasteiger partial charge is 0.0446 e. The van der Waals surface area contributed by atoms with Crippen molar-refractivity contribution in [2.45, 2.75) is 36.8 Å². The van der Waals surface area contributed by atoms with E-state index in [1.165, 1.54) is 18.4 Å². The Morgan fingerprint density at radius 1 is 1.44 bits per heavy atom. The van der Waals surface area contributed by atoms with Gasteiger partial charge < -0.3 is 5.32 Å². The van der Waals surface area contributed by atoms with E-state index in [2.05, 4.69) is 24.4 Å². The van der Waals surface area contributed by atoms with Gasteiger partial charge in [-0.25, -0.2) is 0 Å². The van der Waals surface area contributed by atoms with E-state index in [0.717, 1.165) is 23.4 Å². The molecule has 1 atom stereocenters. The highest BCUT2D eigenvalue weighted by molar-refractivity contribution is 7.99. The zero-order valence-electron chi connectivity index (χ0n) is 9.58. The molecule has 0 aliphatic heterocycles. The molecule has 0 amide bonds. The van der Waals surface area contributed by atoms with Crippen LogP contribution in [0.25, 0.3) is 0 Å². The van der Waals surface area contributed by atoms with Crippen LogP contribution in [0, 0.1) is 0 Å². The Kier molecular flexibility index (Phi) is 4.56. The fourth-order valence-electron chi connectivity index (χ4n) is 1.53. The van der Waals surface area contributed by atoms with E-state index in [4.69, 9.17) is 11.6 Å². The lowest BCUT2D eigenvalue weighted by Crippen LogP contribution is -2.24. The molecule has 0 heterocycles. The number of thioether (sulfide) groups is 1. The summed E-state index contributed by atoms with van der Waals surface area (Å²) in [7, 11) is 0. The molecule has 1 saturated carbocycles. The number of hydrogen-bond acceptors (Lipinski definition) is 2. The summed E-state index contributed by atoms with van der Waals surface area (Å²) in [4.78, 5) is 0. The van der Waals surface area contributed by atoms with Crippen molar-refractivity contribution in [3.63, 3.8) is 0 Å². The van der Waals surface area contributed by atoms with Crippen LogP contribution in [-0.2, 0) is 5.75 Å². The van der Waals surface area contributed by atoms with Crippen LogP contribution in [0.4, 0.5) is 0 Å².